The highest BCUT2D eigenvalue weighted by Gasteiger charge is 2.16. The monoisotopic (exact) mass is 263 g/mol. The van der Waals surface area contributed by atoms with Crippen molar-refractivity contribution in [1.29, 1.82) is 0 Å². The topological polar surface area (TPSA) is 78.0 Å². The molecule has 7 nitrogen and oxygen atoms in total. The Bertz CT molecular complexity index is 548. The quantitative estimate of drug-likeness (QED) is 0.848. The number of nitrogens with one attached hydrogen (secondary N) is 1. The van der Waals surface area contributed by atoms with Gasteiger partial charge in [-0.15, -0.1) is 5.10 Å². The Morgan fingerprint density at radius 2 is 2.42 bits per heavy atom. The Labute approximate surface area is 111 Å². The van der Waals surface area contributed by atoms with E-state index in [9.17, 15) is 0 Å². The molecular formula is C12H17N5O2. The van der Waals surface area contributed by atoms with E-state index in [-0.39, 0.29) is 0 Å². The molecule has 7 heteroatoms. The fourth-order valence-corrected chi connectivity index (χ4v) is 2.22. The zero-order valence-electron chi connectivity index (χ0n) is 10.9. The van der Waals surface area contributed by atoms with Crippen molar-refractivity contribution in [2.75, 3.05) is 11.9 Å². The van der Waals surface area contributed by atoms with Crippen LogP contribution < -0.4 is 5.32 Å². The lowest BCUT2D eigenvalue weighted by Gasteiger charge is -2.01. The first-order valence-electron chi connectivity index (χ1n) is 6.54. The number of aromatic nitrogens is 4. The number of hydrogen-bond acceptors (Lipinski definition) is 6. The van der Waals surface area contributed by atoms with Gasteiger partial charge in [0.05, 0.1) is 6.20 Å². The van der Waals surface area contributed by atoms with Crippen LogP contribution >= 0.6 is 0 Å². The third-order valence-corrected chi connectivity index (χ3v) is 3.15. The van der Waals surface area contributed by atoms with Gasteiger partial charge < -0.3 is 14.5 Å². The van der Waals surface area contributed by atoms with Gasteiger partial charge >= 0.3 is 6.01 Å². The molecule has 0 fully saturated rings. The predicted molar refractivity (Wildman–Crippen MR) is 67.5 cm³/mol. The molecule has 0 saturated carbocycles. The molecule has 2 aromatic heterocycles. The summed E-state index contributed by atoms with van der Waals surface area (Å²) in [5.41, 5.74) is 2.50. The lowest BCUT2D eigenvalue weighted by molar-refractivity contribution is 0.115. The molecule has 19 heavy (non-hydrogen) atoms. The Balaban J connectivity index is 1.58. The number of hydrogen-bond donors (Lipinski definition) is 1. The van der Waals surface area contributed by atoms with E-state index in [0.29, 0.717) is 31.7 Å². The van der Waals surface area contributed by atoms with Crippen LogP contribution in [0.4, 0.5) is 6.01 Å². The normalized spacial score (nSPS) is 13.7. The minimum Gasteiger partial charge on any atom is -0.406 e. The van der Waals surface area contributed by atoms with E-state index < -0.39 is 0 Å². The SMILES string of the molecule is CCOCc1nnc(NCc2cnn3c2CCC3)o1. The second-order valence-electron chi connectivity index (χ2n) is 4.43. The highest BCUT2D eigenvalue weighted by Crippen LogP contribution is 2.19. The lowest BCUT2D eigenvalue weighted by atomic mass is 10.2. The number of ether oxygens (including phenoxy) is 1. The van der Waals surface area contributed by atoms with Crippen LogP contribution in [0.15, 0.2) is 10.6 Å². The lowest BCUT2D eigenvalue weighted by Crippen LogP contribution is -2.01. The summed E-state index contributed by atoms with van der Waals surface area (Å²) in [6.07, 6.45) is 4.17. The van der Waals surface area contributed by atoms with Gasteiger partial charge in [0.15, 0.2) is 0 Å². The number of aryl methyl sites for hydroxylation is 1. The second kappa shape index (κ2) is 5.40. The van der Waals surface area contributed by atoms with E-state index in [2.05, 4.69) is 25.3 Å². The molecular weight excluding hydrogens is 246 g/mol. The van der Waals surface area contributed by atoms with Crippen LogP contribution in [0, 0.1) is 0 Å². The van der Waals surface area contributed by atoms with Gasteiger partial charge in [-0.1, -0.05) is 5.10 Å². The second-order valence-corrected chi connectivity index (χ2v) is 4.43. The number of rotatable bonds is 6. The standard InChI is InChI=1S/C12H17N5O2/c1-2-18-8-11-15-16-12(19-11)13-6-9-7-14-17-5-3-4-10(9)17/h7H,2-6,8H2,1H3,(H,13,16). The average molecular weight is 263 g/mol. The number of nitrogens with zero attached hydrogens (tertiary/aromatic N) is 4. The third-order valence-electron chi connectivity index (χ3n) is 3.15. The first-order chi connectivity index (χ1) is 9.36. The summed E-state index contributed by atoms with van der Waals surface area (Å²) in [4.78, 5) is 0. The van der Waals surface area contributed by atoms with Crippen molar-refractivity contribution >= 4 is 6.01 Å². The van der Waals surface area contributed by atoms with Gasteiger partial charge in [0, 0.05) is 31.0 Å². The maximum absolute atomic E-state index is 5.42. The molecule has 102 valence electrons. The summed E-state index contributed by atoms with van der Waals surface area (Å²) >= 11 is 0. The Kier molecular flexibility index (Phi) is 3.45. The van der Waals surface area contributed by atoms with Crippen molar-refractivity contribution in [2.24, 2.45) is 0 Å². The minimum atomic E-state index is 0.356. The van der Waals surface area contributed by atoms with Crippen molar-refractivity contribution in [1.82, 2.24) is 20.0 Å². The van der Waals surface area contributed by atoms with Crippen molar-refractivity contribution < 1.29 is 9.15 Å². The Morgan fingerprint density at radius 1 is 1.47 bits per heavy atom. The zero-order valence-corrected chi connectivity index (χ0v) is 10.9. The first-order valence-corrected chi connectivity index (χ1v) is 6.54. The van der Waals surface area contributed by atoms with Crippen molar-refractivity contribution in [3.8, 4) is 0 Å². The summed E-state index contributed by atoms with van der Waals surface area (Å²) in [5, 5.41) is 15.3. The first kappa shape index (κ1) is 12.2. The molecule has 0 unspecified atom stereocenters. The summed E-state index contributed by atoms with van der Waals surface area (Å²) in [6.45, 7) is 4.60. The summed E-state index contributed by atoms with van der Waals surface area (Å²) in [5.74, 6) is 0.490. The van der Waals surface area contributed by atoms with E-state index in [4.69, 9.17) is 9.15 Å². The van der Waals surface area contributed by atoms with Gasteiger partial charge in [0.1, 0.15) is 6.61 Å². The molecule has 0 spiro atoms. The molecule has 0 aliphatic carbocycles. The molecule has 0 saturated heterocycles. The fraction of sp³-hybridized carbons (Fsp3) is 0.583. The van der Waals surface area contributed by atoms with Gasteiger partial charge in [-0.05, 0) is 19.8 Å². The van der Waals surface area contributed by atoms with Crippen molar-refractivity contribution in [3.63, 3.8) is 0 Å². The zero-order chi connectivity index (χ0) is 13.1. The molecule has 1 aliphatic rings. The molecule has 1 N–H and O–H groups in total. The third kappa shape index (κ3) is 2.60. The summed E-state index contributed by atoms with van der Waals surface area (Å²) in [6, 6.07) is 0.424. The van der Waals surface area contributed by atoms with Crippen LogP contribution in [0.2, 0.25) is 0 Å². The molecule has 0 amide bonds. The fourth-order valence-electron chi connectivity index (χ4n) is 2.22. The maximum Gasteiger partial charge on any atom is 0.315 e. The number of fused-ring (bicyclic) bond motifs is 1. The predicted octanol–water partition coefficient (Wildman–Crippen LogP) is 1.36. The molecule has 3 heterocycles. The van der Waals surface area contributed by atoms with E-state index in [1.54, 1.807) is 0 Å². The largest absolute Gasteiger partial charge is 0.406 e. The van der Waals surface area contributed by atoms with Gasteiger partial charge in [-0.25, -0.2) is 0 Å². The average Bonchev–Trinajstić information content (AvgIpc) is 3.11. The maximum atomic E-state index is 5.42. The smallest absolute Gasteiger partial charge is 0.315 e. The van der Waals surface area contributed by atoms with Gasteiger partial charge in [-0.3, -0.25) is 4.68 Å². The van der Waals surface area contributed by atoms with E-state index in [0.717, 1.165) is 13.0 Å². The van der Waals surface area contributed by atoms with Gasteiger partial charge in [0.2, 0.25) is 5.89 Å². The molecule has 3 rings (SSSR count). The number of anilines is 1. The van der Waals surface area contributed by atoms with Crippen molar-refractivity contribution in [2.45, 2.75) is 39.5 Å². The minimum absolute atomic E-state index is 0.356. The molecule has 0 bridgehead atoms. The van der Waals surface area contributed by atoms with Gasteiger partial charge in [0.25, 0.3) is 0 Å². The molecule has 2 aromatic rings. The Morgan fingerprint density at radius 3 is 3.32 bits per heavy atom. The summed E-state index contributed by atoms with van der Waals surface area (Å²) in [7, 11) is 0. The van der Waals surface area contributed by atoms with E-state index in [1.165, 1.54) is 17.7 Å². The molecule has 0 radical (unpaired) electrons. The van der Waals surface area contributed by atoms with Gasteiger partial charge in [-0.2, -0.15) is 5.10 Å². The van der Waals surface area contributed by atoms with Crippen molar-refractivity contribution in [3.05, 3.63) is 23.3 Å². The van der Waals surface area contributed by atoms with Crippen LogP contribution in [0.3, 0.4) is 0 Å². The molecule has 0 atom stereocenters. The van der Waals surface area contributed by atoms with E-state index in [1.807, 2.05) is 13.1 Å². The van der Waals surface area contributed by atoms with Crippen LogP contribution in [0.5, 0.6) is 0 Å². The molecule has 1 aliphatic heterocycles. The van der Waals surface area contributed by atoms with E-state index >= 15 is 0 Å². The molecule has 0 aromatic carbocycles. The summed E-state index contributed by atoms with van der Waals surface area (Å²) < 4.78 is 12.7. The van der Waals surface area contributed by atoms with Crippen LogP contribution in [0.1, 0.15) is 30.5 Å². The van der Waals surface area contributed by atoms with Crippen LogP contribution in [0.25, 0.3) is 0 Å². The Hall–Kier alpha value is -1.89. The van der Waals surface area contributed by atoms with Crippen LogP contribution in [-0.4, -0.2) is 26.6 Å². The van der Waals surface area contributed by atoms with Crippen LogP contribution in [-0.2, 0) is 30.9 Å². The highest BCUT2D eigenvalue weighted by molar-refractivity contribution is 5.26. The highest BCUT2D eigenvalue weighted by atomic mass is 16.5.